The van der Waals surface area contributed by atoms with E-state index < -0.39 is 0 Å². The van der Waals surface area contributed by atoms with Gasteiger partial charge in [-0.2, -0.15) is 10.4 Å². The molecule has 4 heterocycles. The quantitative estimate of drug-likeness (QED) is 0.336. The van der Waals surface area contributed by atoms with Crippen LogP contribution in [0.1, 0.15) is 70.1 Å². The molecule has 0 spiro atoms. The molecule has 0 saturated carbocycles. The molecule has 9 heteroatoms. The largest absolute Gasteiger partial charge is 0.489 e. The summed E-state index contributed by atoms with van der Waals surface area (Å²) in [6, 6.07) is 18.7. The third-order valence-corrected chi connectivity index (χ3v) is 8.01. The lowest BCUT2D eigenvalue weighted by molar-refractivity contribution is 0.0684. The number of amides is 2. The minimum Gasteiger partial charge on any atom is -0.489 e. The van der Waals surface area contributed by atoms with Gasteiger partial charge in [0.15, 0.2) is 0 Å². The van der Waals surface area contributed by atoms with Gasteiger partial charge >= 0.3 is 0 Å². The molecule has 2 aliphatic heterocycles. The van der Waals surface area contributed by atoms with Crippen LogP contribution in [0, 0.1) is 11.3 Å². The standard InChI is InChI=1S/C32H32N6O3/c33-21-23-5-7-24(8-6-23)22-41-26-9-10-29-27(19-26)28(31(39)36-14-2-1-3-15-36)20-30(35-29)32(40)37-17-11-25(12-18-37)38-16-4-13-34-38/h4-10,13,16,19-20,25H,1-3,11-12,14-15,17-18,22H2. The molecule has 208 valence electrons. The van der Waals surface area contributed by atoms with Gasteiger partial charge in [-0.25, -0.2) is 4.98 Å². The first-order valence-electron chi connectivity index (χ1n) is 14.2. The summed E-state index contributed by atoms with van der Waals surface area (Å²) in [5.41, 5.74) is 2.90. The molecule has 0 aliphatic carbocycles. The number of likely N-dealkylation sites (tertiary alicyclic amines) is 2. The first kappa shape index (κ1) is 26.5. The Balaban J connectivity index is 1.27. The lowest BCUT2D eigenvalue weighted by Crippen LogP contribution is -2.40. The number of fused-ring (bicyclic) bond motifs is 1. The number of hydrogen-bond acceptors (Lipinski definition) is 6. The van der Waals surface area contributed by atoms with Crippen LogP contribution in [-0.4, -0.2) is 62.6 Å². The van der Waals surface area contributed by atoms with Crippen molar-refractivity contribution in [1.29, 1.82) is 5.26 Å². The normalized spacial score (nSPS) is 16.0. The number of aromatic nitrogens is 3. The fraction of sp³-hybridized carbons (Fsp3) is 0.344. The van der Waals surface area contributed by atoms with Crippen molar-refractivity contribution in [3.63, 3.8) is 0 Å². The Kier molecular flexibility index (Phi) is 7.63. The van der Waals surface area contributed by atoms with Gasteiger partial charge in [0.25, 0.3) is 11.8 Å². The summed E-state index contributed by atoms with van der Waals surface area (Å²) in [6.07, 6.45) is 8.46. The van der Waals surface area contributed by atoms with E-state index in [9.17, 15) is 9.59 Å². The van der Waals surface area contributed by atoms with E-state index in [0.717, 1.165) is 37.7 Å². The van der Waals surface area contributed by atoms with Gasteiger partial charge in [0.2, 0.25) is 0 Å². The number of piperidine rings is 2. The fourth-order valence-corrected chi connectivity index (χ4v) is 5.68. The van der Waals surface area contributed by atoms with Crippen molar-refractivity contribution in [3.05, 3.63) is 89.4 Å². The van der Waals surface area contributed by atoms with E-state index in [1.807, 2.05) is 57.1 Å². The Morgan fingerprint density at radius 2 is 1.68 bits per heavy atom. The Labute approximate surface area is 239 Å². The highest BCUT2D eigenvalue weighted by Gasteiger charge is 2.28. The summed E-state index contributed by atoms with van der Waals surface area (Å²) >= 11 is 0. The molecule has 2 aromatic heterocycles. The number of nitrogens with zero attached hydrogens (tertiary/aromatic N) is 6. The molecular weight excluding hydrogens is 516 g/mol. The number of nitriles is 1. The van der Waals surface area contributed by atoms with Crippen molar-refractivity contribution in [3.8, 4) is 11.8 Å². The zero-order valence-electron chi connectivity index (χ0n) is 22.9. The van der Waals surface area contributed by atoms with Crippen LogP contribution in [0.15, 0.2) is 67.0 Å². The number of hydrogen-bond donors (Lipinski definition) is 0. The van der Waals surface area contributed by atoms with Crippen LogP contribution in [0.5, 0.6) is 5.75 Å². The van der Waals surface area contributed by atoms with Crippen LogP contribution in [0.4, 0.5) is 0 Å². The summed E-state index contributed by atoms with van der Waals surface area (Å²) in [6.45, 7) is 2.97. The van der Waals surface area contributed by atoms with Gasteiger partial charge in [0, 0.05) is 44.0 Å². The Morgan fingerprint density at radius 1 is 0.927 bits per heavy atom. The van der Waals surface area contributed by atoms with Crippen LogP contribution in [0.2, 0.25) is 0 Å². The molecule has 41 heavy (non-hydrogen) atoms. The van der Waals surface area contributed by atoms with Crippen molar-refractivity contribution in [2.75, 3.05) is 26.2 Å². The second kappa shape index (κ2) is 11.8. The lowest BCUT2D eigenvalue weighted by atomic mass is 10.0. The van der Waals surface area contributed by atoms with Gasteiger partial charge in [0.05, 0.1) is 28.8 Å². The summed E-state index contributed by atoms with van der Waals surface area (Å²) in [7, 11) is 0. The van der Waals surface area contributed by atoms with Crippen LogP contribution >= 0.6 is 0 Å². The number of carbonyl (C=O) groups excluding carboxylic acids is 2. The molecule has 9 nitrogen and oxygen atoms in total. The molecule has 2 aromatic carbocycles. The SMILES string of the molecule is N#Cc1ccc(COc2ccc3nc(C(=O)N4CCC(n5cccn5)CC4)cc(C(=O)N4CCCCC4)c3c2)cc1. The predicted octanol–water partition coefficient (Wildman–Crippen LogP) is 4.99. The van der Waals surface area contributed by atoms with Crippen LogP contribution in [0.25, 0.3) is 10.9 Å². The van der Waals surface area contributed by atoms with Crippen molar-refractivity contribution in [2.45, 2.75) is 44.8 Å². The molecule has 2 amide bonds. The average Bonchev–Trinajstić information content (AvgIpc) is 3.58. The van der Waals surface area contributed by atoms with Gasteiger partial charge in [-0.15, -0.1) is 0 Å². The van der Waals surface area contributed by atoms with E-state index in [-0.39, 0.29) is 17.9 Å². The smallest absolute Gasteiger partial charge is 0.272 e. The molecule has 2 saturated heterocycles. The summed E-state index contributed by atoms with van der Waals surface area (Å²) in [5.74, 6) is 0.378. The van der Waals surface area contributed by atoms with E-state index in [2.05, 4.69) is 11.2 Å². The van der Waals surface area contributed by atoms with Gasteiger partial charge in [-0.05, 0) is 80.1 Å². The highest BCUT2D eigenvalue weighted by molar-refractivity contribution is 6.09. The fourth-order valence-electron chi connectivity index (χ4n) is 5.68. The van der Waals surface area contributed by atoms with Crippen LogP contribution < -0.4 is 4.74 Å². The molecule has 0 unspecified atom stereocenters. The second-order valence-electron chi connectivity index (χ2n) is 10.7. The van der Waals surface area contributed by atoms with Gasteiger partial charge in [-0.3, -0.25) is 14.3 Å². The molecule has 0 atom stereocenters. The maximum Gasteiger partial charge on any atom is 0.272 e. The van der Waals surface area contributed by atoms with Crippen molar-refractivity contribution in [2.24, 2.45) is 0 Å². The molecule has 2 fully saturated rings. The lowest BCUT2D eigenvalue weighted by Gasteiger charge is -2.32. The molecule has 6 rings (SSSR count). The zero-order valence-corrected chi connectivity index (χ0v) is 22.9. The molecule has 2 aliphatic rings. The number of benzene rings is 2. The third-order valence-electron chi connectivity index (χ3n) is 8.01. The van der Waals surface area contributed by atoms with Crippen molar-refractivity contribution >= 4 is 22.7 Å². The van der Waals surface area contributed by atoms with E-state index in [1.54, 1.807) is 24.4 Å². The van der Waals surface area contributed by atoms with Crippen molar-refractivity contribution in [1.82, 2.24) is 24.6 Å². The van der Waals surface area contributed by atoms with E-state index in [0.29, 0.717) is 66.3 Å². The maximum atomic E-state index is 13.8. The molecule has 4 aromatic rings. The van der Waals surface area contributed by atoms with Gasteiger partial charge < -0.3 is 14.5 Å². The Bertz CT molecular complexity index is 1580. The average molecular weight is 549 g/mol. The molecule has 0 bridgehead atoms. The maximum absolute atomic E-state index is 13.8. The second-order valence-corrected chi connectivity index (χ2v) is 10.7. The van der Waals surface area contributed by atoms with Crippen LogP contribution in [-0.2, 0) is 6.61 Å². The Hall–Kier alpha value is -4.71. The number of carbonyl (C=O) groups is 2. The Morgan fingerprint density at radius 3 is 2.39 bits per heavy atom. The molecule has 0 radical (unpaired) electrons. The number of ether oxygens (including phenoxy) is 1. The van der Waals surface area contributed by atoms with E-state index in [4.69, 9.17) is 15.0 Å². The van der Waals surface area contributed by atoms with E-state index >= 15 is 0 Å². The van der Waals surface area contributed by atoms with Gasteiger partial charge in [0.1, 0.15) is 18.1 Å². The third kappa shape index (κ3) is 5.78. The summed E-state index contributed by atoms with van der Waals surface area (Å²) in [4.78, 5) is 35.9. The highest BCUT2D eigenvalue weighted by Crippen LogP contribution is 2.28. The minimum atomic E-state index is -0.153. The molecule has 0 N–H and O–H groups in total. The van der Waals surface area contributed by atoms with E-state index in [1.165, 1.54) is 0 Å². The first-order chi connectivity index (χ1) is 20.1. The number of rotatable bonds is 6. The van der Waals surface area contributed by atoms with Crippen molar-refractivity contribution < 1.29 is 14.3 Å². The highest BCUT2D eigenvalue weighted by atomic mass is 16.5. The van der Waals surface area contributed by atoms with Gasteiger partial charge in [-0.1, -0.05) is 12.1 Å². The zero-order chi connectivity index (χ0) is 28.2. The van der Waals surface area contributed by atoms with Crippen LogP contribution in [0.3, 0.4) is 0 Å². The first-order valence-corrected chi connectivity index (χ1v) is 14.2. The molecular formula is C32H32N6O3. The minimum absolute atomic E-state index is 0.0761. The summed E-state index contributed by atoms with van der Waals surface area (Å²) in [5, 5.41) is 14.1. The number of pyridine rings is 1. The topological polar surface area (TPSA) is 104 Å². The predicted molar refractivity (Wildman–Crippen MR) is 153 cm³/mol. The monoisotopic (exact) mass is 548 g/mol. The summed E-state index contributed by atoms with van der Waals surface area (Å²) < 4.78 is 8.01.